The maximum Gasteiger partial charge on any atom is 0.236 e. The van der Waals surface area contributed by atoms with Gasteiger partial charge in [0.2, 0.25) is 10.0 Å². The van der Waals surface area contributed by atoms with E-state index in [2.05, 4.69) is 14.9 Å². The highest BCUT2D eigenvalue weighted by Gasteiger charge is 2.12. The molecule has 0 aliphatic carbocycles. The van der Waals surface area contributed by atoms with Gasteiger partial charge in [-0.15, -0.1) is 0 Å². The van der Waals surface area contributed by atoms with Crippen molar-refractivity contribution in [3.8, 4) is 0 Å². The maximum atomic E-state index is 12.2. The fraction of sp³-hybridized carbons (Fsp3) is 0.0714. The minimum atomic E-state index is -3.48. The molecule has 0 saturated carbocycles. The fourth-order valence-electron chi connectivity index (χ4n) is 2.02. The lowest BCUT2D eigenvalue weighted by Crippen LogP contribution is -2.14. The Bertz CT molecular complexity index is 873. The summed E-state index contributed by atoms with van der Waals surface area (Å²) >= 11 is 5.78. The summed E-state index contributed by atoms with van der Waals surface area (Å²) in [7, 11) is -3.48. The van der Waals surface area contributed by atoms with Crippen LogP contribution in [-0.4, -0.2) is 18.6 Å². The van der Waals surface area contributed by atoms with Crippen molar-refractivity contribution in [2.24, 2.45) is 0 Å². The molecule has 2 aromatic carbocycles. The van der Waals surface area contributed by atoms with Crippen molar-refractivity contribution >= 4 is 38.2 Å². The van der Waals surface area contributed by atoms with E-state index in [1.807, 2.05) is 0 Å². The number of nitrogens with zero attached hydrogens (tertiary/aromatic N) is 1. The zero-order valence-corrected chi connectivity index (χ0v) is 12.4. The van der Waals surface area contributed by atoms with Crippen LogP contribution in [0, 0.1) is 0 Å². The van der Waals surface area contributed by atoms with Crippen molar-refractivity contribution in [3.63, 3.8) is 0 Å². The molecule has 0 saturated heterocycles. The summed E-state index contributed by atoms with van der Waals surface area (Å²) < 4.78 is 26.9. The van der Waals surface area contributed by atoms with Crippen molar-refractivity contribution < 1.29 is 8.42 Å². The van der Waals surface area contributed by atoms with Gasteiger partial charge in [-0.3, -0.25) is 9.82 Å². The molecule has 1 heterocycles. The summed E-state index contributed by atoms with van der Waals surface area (Å²) in [6, 6.07) is 11.9. The Hall–Kier alpha value is -2.05. The SMILES string of the molecule is O=S(=O)(Cc1ccc(Cl)cc1)Nc1ccc2cn[nH]c2c1. The predicted molar refractivity (Wildman–Crippen MR) is 83.8 cm³/mol. The Morgan fingerprint density at radius 2 is 1.90 bits per heavy atom. The standard InChI is InChI=1S/C14H12ClN3O2S/c15-12-4-1-10(2-5-12)9-21(19,20)18-13-6-3-11-8-16-17-14(11)7-13/h1-8,18H,9H2,(H,16,17). The third-order valence-electron chi connectivity index (χ3n) is 2.99. The van der Waals surface area contributed by atoms with Crippen molar-refractivity contribution in [2.75, 3.05) is 4.72 Å². The second-order valence-electron chi connectivity index (χ2n) is 4.66. The highest BCUT2D eigenvalue weighted by atomic mass is 35.5. The molecule has 0 atom stereocenters. The second-order valence-corrected chi connectivity index (χ2v) is 6.82. The fourth-order valence-corrected chi connectivity index (χ4v) is 3.33. The number of halogens is 1. The van der Waals surface area contributed by atoms with Gasteiger partial charge in [0.15, 0.2) is 0 Å². The zero-order chi connectivity index (χ0) is 14.9. The van der Waals surface area contributed by atoms with Crippen LogP contribution in [0.4, 0.5) is 5.69 Å². The molecular weight excluding hydrogens is 310 g/mol. The third kappa shape index (κ3) is 3.34. The van der Waals surface area contributed by atoms with E-state index in [1.54, 1.807) is 48.7 Å². The van der Waals surface area contributed by atoms with Gasteiger partial charge in [0.1, 0.15) is 0 Å². The Labute approximate surface area is 127 Å². The van der Waals surface area contributed by atoms with Gasteiger partial charge in [-0.1, -0.05) is 23.7 Å². The Morgan fingerprint density at radius 1 is 1.14 bits per heavy atom. The highest BCUT2D eigenvalue weighted by molar-refractivity contribution is 7.91. The molecule has 0 aliphatic rings. The molecule has 108 valence electrons. The minimum absolute atomic E-state index is 0.106. The molecule has 0 fully saturated rings. The van der Waals surface area contributed by atoms with Crippen LogP contribution in [0.25, 0.3) is 10.9 Å². The summed E-state index contributed by atoms with van der Waals surface area (Å²) in [5.74, 6) is -0.106. The number of aromatic nitrogens is 2. The molecule has 3 aromatic rings. The molecular formula is C14H12ClN3O2S. The van der Waals surface area contributed by atoms with E-state index in [-0.39, 0.29) is 5.75 Å². The van der Waals surface area contributed by atoms with Crippen molar-refractivity contribution in [3.05, 3.63) is 59.2 Å². The smallest absolute Gasteiger partial charge is 0.236 e. The quantitative estimate of drug-likeness (QED) is 0.775. The number of anilines is 1. The van der Waals surface area contributed by atoms with Crippen LogP contribution in [0.2, 0.25) is 5.02 Å². The first kappa shape index (κ1) is 13.9. The van der Waals surface area contributed by atoms with Gasteiger partial charge in [-0.25, -0.2) is 8.42 Å². The maximum absolute atomic E-state index is 12.2. The summed E-state index contributed by atoms with van der Waals surface area (Å²) in [6.45, 7) is 0. The molecule has 0 unspecified atom stereocenters. The monoisotopic (exact) mass is 321 g/mol. The first-order chi connectivity index (χ1) is 10.0. The van der Waals surface area contributed by atoms with Gasteiger partial charge in [0.25, 0.3) is 0 Å². The van der Waals surface area contributed by atoms with E-state index in [1.165, 1.54) is 0 Å². The molecule has 0 radical (unpaired) electrons. The Balaban J connectivity index is 1.80. The molecule has 5 nitrogen and oxygen atoms in total. The van der Waals surface area contributed by atoms with Gasteiger partial charge in [0.05, 0.1) is 23.2 Å². The number of fused-ring (bicyclic) bond motifs is 1. The molecule has 2 N–H and O–H groups in total. The van der Waals surface area contributed by atoms with Crippen LogP contribution >= 0.6 is 11.6 Å². The summed E-state index contributed by atoms with van der Waals surface area (Å²) in [5, 5.41) is 8.21. The molecule has 1 aromatic heterocycles. The predicted octanol–water partition coefficient (Wildman–Crippen LogP) is 3.16. The van der Waals surface area contributed by atoms with Crippen LogP contribution in [0.1, 0.15) is 5.56 Å². The van der Waals surface area contributed by atoms with Crippen LogP contribution in [0.5, 0.6) is 0 Å². The lowest BCUT2D eigenvalue weighted by molar-refractivity contribution is 0.600. The van der Waals surface area contributed by atoms with E-state index >= 15 is 0 Å². The van der Waals surface area contributed by atoms with Gasteiger partial charge >= 0.3 is 0 Å². The molecule has 0 spiro atoms. The van der Waals surface area contributed by atoms with Gasteiger partial charge in [-0.05, 0) is 35.9 Å². The van der Waals surface area contributed by atoms with E-state index in [9.17, 15) is 8.42 Å². The van der Waals surface area contributed by atoms with Crippen LogP contribution in [0.3, 0.4) is 0 Å². The summed E-state index contributed by atoms with van der Waals surface area (Å²) in [6.07, 6.45) is 1.68. The van der Waals surface area contributed by atoms with Crippen molar-refractivity contribution in [1.29, 1.82) is 0 Å². The van der Waals surface area contributed by atoms with E-state index in [0.717, 1.165) is 10.9 Å². The van der Waals surface area contributed by atoms with Gasteiger partial charge in [-0.2, -0.15) is 5.10 Å². The number of rotatable bonds is 4. The van der Waals surface area contributed by atoms with E-state index in [0.29, 0.717) is 16.3 Å². The number of aromatic amines is 1. The zero-order valence-electron chi connectivity index (χ0n) is 10.9. The molecule has 7 heteroatoms. The third-order valence-corrected chi connectivity index (χ3v) is 4.50. The second kappa shape index (κ2) is 5.38. The highest BCUT2D eigenvalue weighted by Crippen LogP contribution is 2.19. The molecule has 21 heavy (non-hydrogen) atoms. The minimum Gasteiger partial charge on any atom is -0.283 e. The van der Waals surface area contributed by atoms with E-state index in [4.69, 9.17) is 11.6 Å². The van der Waals surface area contributed by atoms with Gasteiger partial charge in [0, 0.05) is 10.4 Å². The number of sulfonamides is 1. The number of hydrogen-bond acceptors (Lipinski definition) is 3. The van der Waals surface area contributed by atoms with Crippen LogP contribution in [-0.2, 0) is 15.8 Å². The first-order valence-corrected chi connectivity index (χ1v) is 8.23. The van der Waals surface area contributed by atoms with Gasteiger partial charge < -0.3 is 0 Å². The largest absolute Gasteiger partial charge is 0.283 e. The normalized spacial score (nSPS) is 11.7. The summed E-state index contributed by atoms with van der Waals surface area (Å²) in [5.41, 5.74) is 1.96. The lowest BCUT2D eigenvalue weighted by atomic mass is 10.2. The summed E-state index contributed by atoms with van der Waals surface area (Å²) in [4.78, 5) is 0. The Kier molecular flexibility index (Phi) is 3.57. The number of nitrogens with one attached hydrogen (secondary N) is 2. The Morgan fingerprint density at radius 3 is 2.67 bits per heavy atom. The average molecular weight is 322 g/mol. The van der Waals surface area contributed by atoms with Crippen LogP contribution in [0.15, 0.2) is 48.7 Å². The molecule has 0 aliphatic heterocycles. The molecule has 3 rings (SSSR count). The average Bonchev–Trinajstić information content (AvgIpc) is 2.88. The lowest BCUT2D eigenvalue weighted by Gasteiger charge is -2.08. The molecule has 0 amide bonds. The number of benzene rings is 2. The van der Waals surface area contributed by atoms with Crippen molar-refractivity contribution in [1.82, 2.24) is 10.2 Å². The molecule has 0 bridgehead atoms. The topological polar surface area (TPSA) is 74.8 Å². The number of hydrogen-bond donors (Lipinski definition) is 2. The number of H-pyrrole nitrogens is 1. The van der Waals surface area contributed by atoms with Crippen molar-refractivity contribution in [2.45, 2.75) is 5.75 Å². The van der Waals surface area contributed by atoms with E-state index < -0.39 is 10.0 Å². The first-order valence-electron chi connectivity index (χ1n) is 6.20. The van der Waals surface area contributed by atoms with Crippen LogP contribution < -0.4 is 4.72 Å².